The Balaban J connectivity index is 1.79. The molecule has 8 nitrogen and oxygen atoms in total. The third kappa shape index (κ3) is 4.42. The van der Waals surface area contributed by atoms with Crippen molar-refractivity contribution in [3.05, 3.63) is 36.0 Å². The third-order valence-electron chi connectivity index (χ3n) is 7.06. The van der Waals surface area contributed by atoms with Crippen LogP contribution in [0.25, 0.3) is 10.9 Å². The number of methoxy groups -OCH3 is 1. The van der Waals surface area contributed by atoms with Gasteiger partial charge in [0.15, 0.2) is 0 Å². The predicted molar refractivity (Wildman–Crippen MR) is 117 cm³/mol. The molecule has 3 rings (SSSR count). The number of fused-ring (bicyclic) bond motifs is 1. The van der Waals surface area contributed by atoms with Gasteiger partial charge in [-0.05, 0) is 69.4 Å². The Bertz CT molecular complexity index is 1000. The van der Waals surface area contributed by atoms with Crippen LogP contribution in [0.15, 0.2) is 30.5 Å². The van der Waals surface area contributed by atoms with Crippen LogP contribution in [0.3, 0.4) is 0 Å². The quantitative estimate of drug-likeness (QED) is 0.657. The van der Waals surface area contributed by atoms with Crippen LogP contribution in [0.2, 0.25) is 0 Å². The predicted octanol–water partition coefficient (Wildman–Crippen LogP) is 2.74. The molecule has 2 aromatic rings. The second-order valence-corrected chi connectivity index (χ2v) is 9.68. The zero-order valence-corrected chi connectivity index (χ0v) is 19.1. The molecule has 0 spiro atoms. The van der Waals surface area contributed by atoms with Crippen LogP contribution in [0.5, 0.6) is 5.75 Å². The number of aliphatic hydroxyl groups excluding tert-OH is 1. The first-order valence-electron chi connectivity index (χ1n) is 10.9. The van der Waals surface area contributed by atoms with Crippen LogP contribution in [0.1, 0.15) is 51.7 Å². The standard InChI is InChI=1S/C24H32N2O6/c1-24(2,3)26(23(30)31)12-10-15(19(14-26)22(28)29)5-8-21(27)17-9-11-25-20-7-6-16(32-4)13-18(17)20/h6-7,9,11,13,15,19,21,27H,5,8,10,12,14H2,1-4H3,(H-,28,29,30,31)/t15-,19+,21?,26?/m1/s1. The lowest BCUT2D eigenvalue weighted by molar-refractivity contribution is -0.927. The lowest BCUT2D eigenvalue weighted by Crippen LogP contribution is -2.72. The number of pyridine rings is 1. The number of benzene rings is 1. The molecule has 0 radical (unpaired) electrons. The van der Waals surface area contributed by atoms with E-state index in [1.165, 1.54) is 0 Å². The van der Waals surface area contributed by atoms with E-state index in [2.05, 4.69) is 4.98 Å². The van der Waals surface area contributed by atoms with Crippen LogP contribution in [-0.4, -0.2) is 57.5 Å². The van der Waals surface area contributed by atoms with Crippen molar-refractivity contribution in [1.29, 1.82) is 0 Å². The summed E-state index contributed by atoms with van der Waals surface area (Å²) in [7, 11) is 1.57. The summed E-state index contributed by atoms with van der Waals surface area (Å²) in [4.78, 5) is 28.4. The molecule has 1 amide bonds. The fourth-order valence-corrected chi connectivity index (χ4v) is 4.93. The second-order valence-electron chi connectivity index (χ2n) is 9.68. The van der Waals surface area contributed by atoms with Crippen LogP contribution >= 0.6 is 0 Å². The van der Waals surface area contributed by atoms with Crippen molar-refractivity contribution in [1.82, 2.24) is 4.98 Å². The number of hydrogen-bond donors (Lipinski definition) is 2. The van der Waals surface area contributed by atoms with Gasteiger partial charge < -0.3 is 24.9 Å². The van der Waals surface area contributed by atoms with Crippen molar-refractivity contribution in [3.63, 3.8) is 0 Å². The number of amides is 1. The molecule has 1 aromatic heterocycles. The smallest absolute Gasteiger partial charge is 0.312 e. The number of nitrogens with zero attached hydrogens (tertiary/aromatic N) is 2. The summed E-state index contributed by atoms with van der Waals surface area (Å²) >= 11 is 0. The number of aromatic nitrogens is 1. The summed E-state index contributed by atoms with van der Waals surface area (Å²) in [6, 6.07) is 7.23. The molecule has 2 N–H and O–H groups in total. The fourth-order valence-electron chi connectivity index (χ4n) is 4.93. The molecule has 174 valence electrons. The molecule has 8 heteroatoms. The van der Waals surface area contributed by atoms with E-state index in [0.29, 0.717) is 37.1 Å². The van der Waals surface area contributed by atoms with Gasteiger partial charge in [0.2, 0.25) is 0 Å². The molecular formula is C24H32N2O6. The molecule has 1 aliphatic heterocycles. The number of aliphatic hydroxyl groups is 1. The van der Waals surface area contributed by atoms with Gasteiger partial charge in [-0.2, -0.15) is 0 Å². The maximum Gasteiger partial charge on any atom is 0.312 e. The van der Waals surface area contributed by atoms with Crippen molar-refractivity contribution in [3.8, 4) is 5.75 Å². The Kier molecular flexibility index (Phi) is 6.76. The highest BCUT2D eigenvalue weighted by Crippen LogP contribution is 2.39. The molecule has 2 heterocycles. The maximum absolute atomic E-state index is 12.1. The third-order valence-corrected chi connectivity index (χ3v) is 7.06. The van der Waals surface area contributed by atoms with Gasteiger partial charge in [-0.15, -0.1) is 0 Å². The van der Waals surface area contributed by atoms with E-state index in [-0.39, 0.29) is 16.9 Å². The maximum atomic E-state index is 12.1. The average molecular weight is 445 g/mol. The van der Waals surface area contributed by atoms with E-state index in [9.17, 15) is 24.9 Å². The Labute approximate surface area is 188 Å². The van der Waals surface area contributed by atoms with Gasteiger partial charge in [0, 0.05) is 18.0 Å². The van der Waals surface area contributed by atoms with E-state index in [0.717, 1.165) is 10.9 Å². The highest BCUT2D eigenvalue weighted by atomic mass is 16.5. The van der Waals surface area contributed by atoms with E-state index in [1.807, 2.05) is 18.2 Å². The second kappa shape index (κ2) is 9.03. The molecule has 0 aliphatic carbocycles. The lowest BCUT2D eigenvalue weighted by atomic mass is 9.78. The fraction of sp³-hybridized carbons (Fsp3) is 0.542. The van der Waals surface area contributed by atoms with Crippen molar-refractivity contribution < 1.29 is 34.1 Å². The molecule has 1 aromatic carbocycles. The minimum atomic E-state index is -1.24. The highest BCUT2D eigenvalue weighted by molar-refractivity contribution is 5.83. The van der Waals surface area contributed by atoms with Crippen molar-refractivity contribution >= 4 is 23.0 Å². The minimum Gasteiger partial charge on any atom is -0.498 e. The molecule has 0 bridgehead atoms. The SMILES string of the molecule is COc1ccc2nccc(C(O)CC[C@@H]3CC[N+](C(=O)[O-])(C(C)(C)C)C[C@@H]3C(=O)O)c2c1. The number of carbonyl (C=O) groups is 2. The molecule has 4 atom stereocenters. The number of rotatable bonds is 6. The normalized spacial score (nSPS) is 24.8. The monoisotopic (exact) mass is 444 g/mol. The number of carbonyl (C=O) groups excluding carboxylic acids is 1. The number of quaternary nitrogens is 1. The number of aliphatic carboxylic acids is 1. The first kappa shape index (κ1) is 23.9. The molecule has 2 unspecified atom stereocenters. The first-order valence-corrected chi connectivity index (χ1v) is 10.9. The summed E-state index contributed by atoms with van der Waals surface area (Å²) in [5.74, 6) is -1.38. The lowest BCUT2D eigenvalue weighted by Gasteiger charge is -2.53. The minimum absolute atomic E-state index is 0.0166. The van der Waals surface area contributed by atoms with Gasteiger partial charge in [0.1, 0.15) is 11.7 Å². The van der Waals surface area contributed by atoms with Crippen molar-refractivity contribution in [2.45, 2.75) is 51.7 Å². The largest absolute Gasteiger partial charge is 0.498 e. The Morgan fingerprint density at radius 2 is 2.03 bits per heavy atom. The number of carboxylic acid groups (broad SMARTS) is 2. The Hall–Kier alpha value is -2.71. The summed E-state index contributed by atoms with van der Waals surface area (Å²) in [6.07, 6.45) is 0.892. The van der Waals surface area contributed by atoms with Crippen LogP contribution in [0, 0.1) is 11.8 Å². The zero-order valence-electron chi connectivity index (χ0n) is 19.1. The van der Waals surface area contributed by atoms with E-state index < -0.39 is 29.6 Å². The van der Waals surface area contributed by atoms with Gasteiger partial charge in [-0.1, -0.05) is 0 Å². The highest BCUT2D eigenvalue weighted by Gasteiger charge is 2.51. The summed E-state index contributed by atoms with van der Waals surface area (Å²) in [5, 5.41) is 33.6. The number of likely N-dealkylation sites (tertiary alicyclic amines) is 1. The van der Waals surface area contributed by atoms with Crippen LogP contribution in [0.4, 0.5) is 4.79 Å². The van der Waals surface area contributed by atoms with Crippen molar-refractivity contribution in [2.24, 2.45) is 11.8 Å². The van der Waals surface area contributed by atoms with Crippen LogP contribution < -0.4 is 9.84 Å². The first-order chi connectivity index (χ1) is 15.0. The number of hydrogen-bond acceptors (Lipinski definition) is 6. The summed E-state index contributed by atoms with van der Waals surface area (Å²) in [5.41, 5.74) is 0.780. The summed E-state index contributed by atoms with van der Waals surface area (Å²) in [6.45, 7) is 5.70. The molecule has 0 saturated carbocycles. The van der Waals surface area contributed by atoms with Gasteiger partial charge in [0.05, 0.1) is 37.4 Å². The number of ether oxygens (including phenoxy) is 1. The van der Waals surface area contributed by atoms with E-state index in [1.54, 1.807) is 40.1 Å². The van der Waals surface area contributed by atoms with Gasteiger partial charge in [0.25, 0.3) is 6.09 Å². The van der Waals surface area contributed by atoms with Crippen LogP contribution in [-0.2, 0) is 4.79 Å². The van der Waals surface area contributed by atoms with E-state index in [4.69, 9.17) is 4.74 Å². The zero-order chi connectivity index (χ0) is 23.7. The number of piperidine rings is 1. The molecule has 1 saturated heterocycles. The topological polar surface area (TPSA) is 120 Å². The van der Waals surface area contributed by atoms with E-state index >= 15 is 0 Å². The molecular weight excluding hydrogens is 412 g/mol. The molecule has 32 heavy (non-hydrogen) atoms. The summed E-state index contributed by atoms with van der Waals surface area (Å²) < 4.78 is 4.91. The Morgan fingerprint density at radius 3 is 2.62 bits per heavy atom. The Morgan fingerprint density at radius 1 is 1.31 bits per heavy atom. The van der Waals surface area contributed by atoms with Gasteiger partial charge in [-0.3, -0.25) is 14.3 Å². The van der Waals surface area contributed by atoms with Crippen molar-refractivity contribution in [2.75, 3.05) is 20.2 Å². The van der Waals surface area contributed by atoms with Gasteiger partial charge in [-0.25, -0.2) is 0 Å². The number of carboxylic acids is 1. The average Bonchev–Trinajstić information content (AvgIpc) is 2.75. The van der Waals surface area contributed by atoms with Gasteiger partial charge >= 0.3 is 5.97 Å². The molecule has 1 aliphatic rings. The molecule has 1 fully saturated rings.